The van der Waals surface area contributed by atoms with Crippen LogP contribution in [0.1, 0.15) is 33.1 Å². The van der Waals surface area contributed by atoms with Crippen LogP contribution < -0.4 is 10.1 Å². The maximum Gasteiger partial charge on any atom is 0.184 e. The second-order valence-corrected chi connectivity index (χ2v) is 5.38. The molecule has 1 atom stereocenters. The van der Waals surface area contributed by atoms with E-state index in [4.69, 9.17) is 4.74 Å². The van der Waals surface area contributed by atoms with Crippen LogP contribution in [0.2, 0.25) is 0 Å². The van der Waals surface area contributed by atoms with Gasteiger partial charge in [-0.15, -0.1) is 0 Å². The van der Waals surface area contributed by atoms with Crippen molar-refractivity contribution in [3.05, 3.63) is 64.7 Å². The number of rotatable bonds is 3. The number of benzene rings is 2. The van der Waals surface area contributed by atoms with Crippen LogP contribution in [0.4, 0.5) is 0 Å². The van der Waals surface area contributed by atoms with Crippen LogP contribution in [-0.2, 0) is 6.42 Å². The number of methoxy groups -OCH3 is 1. The number of hydrogen-bond acceptors (Lipinski definition) is 3. The molecule has 0 amide bonds. The van der Waals surface area contributed by atoms with Gasteiger partial charge in [-0.05, 0) is 48.2 Å². The second-order valence-electron chi connectivity index (χ2n) is 5.38. The third kappa shape index (κ3) is 2.57. The van der Waals surface area contributed by atoms with Crippen LogP contribution in [0.3, 0.4) is 0 Å². The Morgan fingerprint density at radius 3 is 2.81 bits per heavy atom. The Morgan fingerprint density at radius 2 is 2.05 bits per heavy atom. The molecule has 0 bridgehead atoms. The van der Waals surface area contributed by atoms with Gasteiger partial charge in [0.2, 0.25) is 0 Å². The fraction of sp³-hybridized carbons (Fsp3) is 0.278. The van der Waals surface area contributed by atoms with Gasteiger partial charge in [-0.1, -0.05) is 24.3 Å². The first-order chi connectivity index (χ1) is 10.2. The largest absolute Gasteiger partial charge is 0.497 e. The van der Waals surface area contributed by atoms with Gasteiger partial charge in [0.25, 0.3) is 0 Å². The van der Waals surface area contributed by atoms with E-state index in [9.17, 15) is 4.79 Å². The van der Waals surface area contributed by atoms with E-state index in [-0.39, 0.29) is 11.8 Å². The van der Waals surface area contributed by atoms with Gasteiger partial charge in [-0.3, -0.25) is 4.79 Å². The first kappa shape index (κ1) is 13.8. The number of fused-ring (bicyclic) bond motifs is 1. The van der Waals surface area contributed by atoms with E-state index in [1.165, 1.54) is 5.56 Å². The lowest BCUT2D eigenvalue weighted by Gasteiger charge is -2.26. The summed E-state index contributed by atoms with van der Waals surface area (Å²) in [5.74, 6) is 0.906. The van der Waals surface area contributed by atoms with Crippen LogP contribution in [0.15, 0.2) is 42.5 Å². The molecule has 0 saturated carbocycles. The Labute approximate surface area is 124 Å². The fourth-order valence-corrected chi connectivity index (χ4v) is 2.93. The molecule has 3 nitrogen and oxygen atoms in total. The van der Waals surface area contributed by atoms with Gasteiger partial charge in [-0.25, -0.2) is 0 Å². The summed E-state index contributed by atoms with van der Waals surface area (Å²) in [5.41, 5.74) is 4.07. The average molecular weight is 281 g/mol. The SMILES string of the molecule is COc1ccc(C(=O)C2NCCc3ccccc32)c(C)c1. The zero-order chi connectivity index (χ0) is 14.8. The molecule has 1 N–H and O–H groups in total. The molecule has 0 spiro atoms. The van der Waals surface area contributed by atoms with Crippen molar-refractivity contribution in [2.75, 3.05) is 13.7 Å². The molecule has 1 aliphatic rings. The molecule has 21 heavy (non-hydrogen) atoms. The number of hydrogen-bond donors (Lipinski definition) is 1. The maximum absolute atomic E-state index is 12.9. The molecule has 3 rings (SSSR count). The van der Waals surface area contributed by atoms with Gasteiger partial charge < -0.3 is 10.1 Å². The Balaban J connectivity index is 1.97. The number of nitrogens with one attached hydrogen (secondary N) is 1. The van der Waals surface area contributed by atoms with Crippen molar-refractivity contribution >= 4 is 5.78 Å². The molecule has 2 aromatic carbocycles. The molecule has 0 radical (unpaired) electrons. The van der Waals surface area contributed by atoms with Crippen molar-refractivity contribution in [2.45, 2.75) is 19.4 Å². The molecule has 1 aliphatic heterocycles. The Kier molecular flexibility index (Phi) is 3.76. The van der Waals surface area contributed by atoms with Crippen LogP contribution in [0.25, 0.3) is 0 Å². The zero-order valence-corrected chi connectivity index (χ0v) is 12.3. The third-order valence-electron chi connectivity index (χ3n) is 4.07. The number of ketones is 1. The first-order valence-electron chi connectivity index (χ1n) is 7.21. The molecule has 1 heterocycles. The minimum Gasteiger partial charge on any atom is -0.497 e. The van der Waals surface area contributed by atoms with E-state index >= 15 is 0 Å². The van der Waals surface area contributed by atoms with Crippen molar-refractivity contribution in [3.63, 3.8) is 0 Å². The minimum atomic E-state index is -0.248. The molecular weight excluding hydrogens is 262 g/mol. The van der Waals surface area contributed by atoms with Crippen molar-refractivity contribution in [1.82, 2.24) is 5.32 Å². The van der Waals surface area contributed by atoms with Crippen LogP contribution in [-0.4, -0.2) is 19.4 Å². The van der Waals surface area contributed by atoms with E-state index in [1.807, 2.05) is 43.3 Å². The Bertz CT molecular complexity index is 679. The van der Waals surface area contributed by atoms with E-state index < -0.39 is 0 Å². The van der Waals surface area contributed by atoms with Crippen LogP contribution >= 0.6 is 0 Å². The number of ether oxygens (including phenoxy) is 1. The highest BCUT2D eigenvalue weighted by Crippen LogP contribution is 2.28. The molecule has 3 heteroatoms. The van der Waals surface area contributed by atoms with E-state index in [2.05, 4.69) is 11.4 Å². The Morgan fingerprint density at radius 1 is 1.24 bits per heavy atom. The monoisotopic (exact) mass is 281 g/mol. The minimum absolute atomic E-state index is 0.127. The van der Waals surface area contributed by atoms with Gasteiger partial charge in [0.15, 0.2) is 5.78 Å². The number of aryl methyl sites for hydroxylation is 1. The summed E-state index contributed by atoms with van der Waals surface area (Å²) in [5, 5.41) is 3.35. The first-order valence-corrected chi connectivity index (χ1v) is 7.21. The van der Waals surface area contributed by atoms with Gasteiger partial charge >= 0.3 is 0 Å². The lowest BCUT2D eigenvalue weighted by molar-refractivity contribution is 0.0939. The van der Waals surface area contributed by atoms with Gasteiger partial charge in [0.05, 0.1) is 13.2 Å². The van der Waals surface area contributed by atoms with E-state index in [0.717, 1.165) is 35.4 Å². The number of carbonyl (C=O) groups is 1. The standard InChI is InChI=1S/C18H19NO2/c1-12-11-14(21-2)7-8-15(12)18(20)17-16-6-4-3-5-13(16)9-10-19-17/h3-8,11,17,19H,9-10H2,1-2H3. The lowest BCUT2D eigenvalue weighted by Crippen LogP contribution is -2.35. The van der Waals surface area contributed by atoms with Crippen LogP contribution in [0.5, 0.6) is 5.75 Å². The summed E-state index contributed by atoms with van der Waals surface area (Å²) >= 11 is 0. The smallest absolute Gasteiger partial charge is 0.184 e. The highest BCUT2D eigenvalue weighted by Gasteiger charge is 2.27. The quantitative estimate of drug-likeness (QED) is 0.879. The van der Waals surface area contributed by atoms with Crippen molar-refractivity contribution in [2.24, 2.45) is 0 Å². The van der Waals surface area contributed by atoms with Crippen molar-refractivity contribution in [3.8, 4) is 5.75 Å². The average Bonchev–Trinajstić information content (AvgIpc) is 2.53. The predicted octanol–water partition coefficient (Wildman–Crippen LogP) is 3.07. The zero-order valence-electron chi connectivity index (χ0n) is 12.3. The van der Waals surface area contributed by atoms with Gasteiger partial charge in [0, 0.05) is 12.1 Å². The molecular formula is C18H19NO2. The normalized spacial score (nSPS) is 17.1. The van der Waals surface area contributed by atoms with Gasteiger partial charge in [-0.2, -0.15) is 0 Å². The van der Waals surface area contributed by atoms with Crippen molar-refractivity contribution in [1.29, 1.82) is 0 Å². The van der Waals surface area contributed by atoms with Crippen molar-refractivity contribution < 1.29 is 9.53 Å². The third-order valence-corrected chi connectivity index (χ3v) is 4.07. The summed E-state index contributed by atoms with van der Waals surface area (Å²) in [6.07, 6.45) is 0.974. The Hall–Kier alpha value is -2.13. The number of carbonyl (C=O) groups excluding carboxylic acids is 1. The summed E-state index contributed by atoms with van der Waals surface area (Å²) < 4.78 is 5.20. The molecule has 0 fully saturated rings. The van der Waals surface area contributed by atoms with Gasteiger partial charge in [0.1, 0.15) is 5.75 Å². The summed E-state index contributed by atoms with van der Waals surface area (Å²) in [4.78, 5) is 12.9. The summed E-state index contributed by atoms with van der Waals surface area (Å²) in [7, 11) is 1.63. The molecule has 1 unspecified atom stereocenters. The molecule has 0 aromatic heterocycles. The predicted molar refractivity (Wildman–Crippen MR) is 83.0 cm³/mol. The molecule has 0 aliphatic carbocycles. The second kappa shape index (κ2) is 5.70. The van der Waals surface area contributed by atoms with E-state index in [0.29, 0.717) is 0 Å². The molecule has 108 valence electrons. The molecule has 0 saturated heterocycles. The fourth-order valence-electron chi connectivity index (χ4n) is 2.93. The highest BCUT2D eigenvalue weighted by molar-refractivity contribution is 6.02. The summed E-state index contributed by atoms with van der Waals surface area (Å²) in [6.45, 7) is 2.78. The maximum atomic E-state index is 12.9. The topological polar surface area (TPSA) is 38.3 Å². The van der Waals surface area contributed by atoms with Crippen LogP contribution in [0, 0.1) is 6.92 Å². The molecule has 2 aromatic rings. The lowest BCUT2D eigenvalue weighted by atomic mass is 9.88. The number of Topliss-reactive ketones (excluding diaryl/α,β-unsaturated/α-hetero) is 1. The summed E-state index contributed by atoms with van der Waals surface area (Å²) in [6, 6.07) is 13.5. The highest BCUT2D eigenvalue weighted by atomic mass is 16.5. The van der Waals surface area contributed by atoms with E-state index in [1.54, 1.807) is 7.11 Å².